The Bertz CT molecular complexity index is 792. The highest BCUT2D eigenvalue weighted by Gasteiger charge is 2.08. The number of rotatable bonds is 7. The average Bonchev–Trinajstić information content (AvgIpc) is 3.25. The van der Waals surface area contributed by atoms with Gasteiger partial charge in [0, 0.05) is 37.4 Å². The van der Waals surface area contributed by atoms with Crippen molar-refractivity contribution in [2.24, 2.45) is 4.99 Å². The predicted octanol–water partition coefficient (Wildman–Crippen LogP) is 3.33. The maximum absolute atomic E-state index is 5.42. The number of ether oxygens (including phenoxy) is 1. The fourth-order valence-electron chi connectivity index (χ4n) is 3.08. The van der Waals surface area contributed by atoms with Crippen LogP contribution in [0.25, 0.3) is 0 Å². The number of hydrogen-bond acceptors (Lipinski definition) is 3. The molecule has 1 heterocycles. The maximum Gasteiger partial charge on any atom is 0.191 e. The lowest BCUT2D eigenvalue weighted by Gasteiger charge is -2.18. The molecule has 1 aliphatic rings. The molecule has 5 heteroatoms. The van der Waals surface area contributed by atoms with Gasteiger partial charge in [0.1, 0.15) is 5.75 Å². The van der Waals surface area contributed by atoms with E-state index in [0.717, 1.165) is 36.9 Å². The molecule has 2 aromatic carbocycles. The van der Waals surface area contributed by atoms with Crippen LogP contribution < -0.4 is 20.3 Å². The second-order valence-corrected chi connectivity index (χ2v) is 6.41. The average molecular weight is 364 g/mol. The van der Waals surface area contributed by atoms with E-state index >= 15 is 0 Å². The van der Waals surface area contributed by atoms with Crippen molar-refractivity contribution < 1.29 is 4.74 Å². The Morgan fingerprint density at radius 1 is 1.07 bits per heavy atom. The van der Waals surface area contributed by atoms with Crippen LogP contribution in [-0.2, 0) is 13.1 Å². The van der Waals surface area contributed by atoms with Crippen LogP contribution in [0.2, 0.25) is 0 Å². The van der Waals surface area contributed by atoms with E-state index < -0.39 is 0 Å². The van der Waals surface area contributed by atoms with Gasteiger partial charge in [-0.2, -0.15) is 0 Å². The van der Waals surface area contributed by atoms with Crippen LogP contribution in [0.4, 0.5) is 5.69 Å². The van der Waals surface area contributed by atoms with E-state index in [0.29, 0.717) is 13.1 Å². The molecule has 142 valence electrons. The van der Waals surface area contributed by atoms with Crippen LogP contribution in [0.15, 0.2) is 65.7 Å². The summed E-state index contributed by atoms with van der Waals surface area (Å²) in [6, 6.07) is 16.6. The van der Waals surface area contributed by atoms with Crippen molar-refractivity contribution in [1.29, 1.82) is 0 Å². The molecule has 0 saturated carbocycles. The number of methoxy groups -OCH3 is 1. The molecule has 2 N–H and O–H groups in total. The molecular formula is C22H28N4O. The molecule has 0 saturated heterocycles. The molecule has 0 radical (unpaired) electrons. The van der Waals surface area contributed by atoms with E-state index in [1.807, 2.05) is 18.2 Å². The molecular weight excluding hydrogens is 336 g/mol. The lowest BCUT2D eigenvalue weighted by Crippen LogP contribution is -2.36. The van der Waals surface area contributed by atoms with Gasteiger partial charge in [0.25, 0.3) is 0 Å². The van der Waals surface area contributed by atoms with Gasteiger partial charge in [-0.25, -0.2) is 4.99 Å². The first-order chi connectivity index (χ1) is 13.3. The minimum atomic E-state index is 0.635. The number of aliphatic imine (C=N–C) groups is 1. The molecule has 0 amide bonds. The van der Waals surface area contributed by atoms with Crippen molar-refractivity contribution in [3.05, 3.63) is 71.8 Å². The van der Waals surface area contributed by atoms with Gasteiger partial charge < -0.3 is 20.3 Å². The zero-order valence-corrected chi connectivity index (χ0v) is 16.1. The second kappa shape index (κ2) is 9.67. The van der Waals surface area contributed by atoms with Gasteiger partial charge in [0.15, 0.2) is 5.96 Å². The van der Waals surface area contributed by atoms with Gasteiger partial charge in [-0.05, 0) is 30.7 Å². The first-order valence-electron chi connectivity index (χ1n) is 9.43. The third kappa shape index (κ3) is 5.26. The van der Waals surface area contributed by atoms with Gasteiger partial charge in [0.05, 0.1) is 13.7 Å². The standard InChI is InChI=1S/C22H28N4O/c1-3-23-22(25-17-19-10-4-5-12-21(19)27-2)24-16-18-9-8-11-20(15-18)26-13-6-7-14-26/h4-12,15H,3,13-14,16-17H2,1-2H3,(H2,23,24,25). The summed E-state index contributed by atoms with van der Waals surface area (Å²) in [6.07, 6.45) is 4.41. The SMILES string of the molecule is CCNC(=NCc1cccc(N2CC=CC2)c1)NCc1ccccc1OC. The van der Waals surface area contributed by atoms with Crippen molar-refractivity contribution in [3.8, 4) is 5.75 Å². The van der Waals surface area contributed by atoms with Crippen molar-refractivity contribution in [2.45, 2.75) is 20.0 Å². The highest BCUT2D eigenvalue weighted by atomic mass is 16.5. The number of benzene rings is 2. The summed E-state index contributed by atoms with van der Waals surface area (Å²) in [5.74, 6) is 1.68. The molecule has 0 aliphatic carbocycles. The van der Waals surface area contributed by atoms with Crippen molar-refractivity contribution in [3.63, 3.8) is 0 Å². The minimum Gasteiger partial charge on any atom is -0.496 e. The molecule has 2 aromatic rings. The Labute approximate surface area is 161 Å². The summed E-state index contributed by atoms with van der Waals surface area (Å²) in [4.78, 5) is 7.09. The smallest absolute Gasteiger partial charge is 0.191 e. The van der Waals surface area contributed by atoms with Gasteiger partial charge in [-0.3, -0.25) is 0 Å². The van der Waals surface area contributed by atoms with Gasteiger partial charge in [0.2, 0.25) is 0 Å². The van der Waals surface area contributed by atoms with E-state index in [1.54, 1.807) is 7.11 Å². The Morgan fingerprint density at radius 2 is 1.89 bits per heavy atom. The monoisotopic (exact) mass is 364 g/mol. The Kier molecular flexibility index (Phi) is 6.74. The maximum atomic E-state index is 5.42. The van der Waals surface area contributed by atoms with E-state index in [-0.39, 0.29) is 0 Å². The number of nitrogens with one attached hydrogen (secondary N) is 2. The number of hydrogen-bond donors (Lipinski definition) is 2. The quantitative estimate of drug-likeness (QED) is 0.449. The molecule has 0 fully saturated rings. The van der Waals surface area contributed by atoms with Crippen LogP contribution in [0.1, 0.15) is 18.1 Å². The molecule has 0 spiro atoms. The van der Waals surface area contributed by atoms with Crippen LogP contribution in [0.3, 0.4) is 0 Å². The Balaban J connectivity index is 1.64. The zero-order valence-electron chi connectivity index (χ0n) is 16.1. The first kappa shape index (κ1) is 18.8. The van der Waals surface area contributed by atoms with Crippen LogP contribution >= 0.6 is 0 Å². The minimum absolute atomic E-state index is 0.635. The number of nitrogens with zero attached hydrogens (tertiary/aromatic N) is 2. The van der Waals surface area contributed by atoms with Gasteiger partial charge >= 0.3 is 0 Å². The van der Waals surface area contributed by atoms with E-state index in [4.69, 9.17) is 9.73 Å². The fourth-order valence-corrected chi connectivity index (χ4v) is 3.08. The molecule has 5 nitrogen and oxygen atoms in total. The van der Waals surface area contributed by atoms with Crippen LogP contribution in [-0.4, -0.2) is 32.7 Å². The summed E-state index contributed by atoms with van der Waals surface area (Å²) in [6.45, 7) is 6.15. The van der Waals surface area contributed by atoms with Gasteiger partial charge in [-0.15, -0.1) is 0 Å². The summed E-state index contributed by atoms with van der Waals surface area (Å²) in [5.41, 5.74) is 3.56. The zero-order chi connectivity index (χ0) is 18.9. The lowest BCUT2D eigenvalue weighted by atomic mass is 10.2. The lowest BCUT2D eigenvalue weighted by molar-refractivity contribution is 0.409. The number of anilines is 1. The highest BCUT2D eigenvalue weighted by molar-refractivity contribution is 5.79. The number of para-hydroxylation sites is 1. The Morgan fingerprint density at radius 3 is 2.67 bits per heavy atom. The van der Waals surface area contributed by atoms with Crippen molar-refractivity contribution in [2.75, 3.05) is 31.6 Å². The van der Waals surface area contributed by atoms with Crippen LogP contribution in [0, 0.1) is 0 Å². The summed E-state index contributed by atoms with van der Waals surface area (Å²) < 4.78 is 5.42. The normalized spacial score (nSPS) is 13.7. The predicted molar refractivity (Wildman–Crippen MR) is 112 cm³/mol. The molecule has 3 rings (SSSR count). The highest BCUT2D eigenvalue weighted by Crippen LogP contribution is 2.19. The first-order valence-corrected chi connectivity index (χ1v) is 9.43. The molecule has 27 heavy (non-hydrogen) atoms. The Hall–Kier alpha value is -2.95. The van der Waals surface area contributed by atoms with Crippen molar-refractivity contribution >= 4 is 11.6 Å². The van der Waals surface area contributed by atoms with E-state index in [1.165, 1.54) is 11.3 Å². The fraction of sp³-hybridized carbons (Fsp3) is 0.318. The molecule has 0 unspecified atom stereocenters. The third-order valence-corrected chi connectivity index (χ3v) is 4.50. The molecule has 1 aliphatic heterocycles. The van der Waals surface area contributed by atoms with Crippen LogP contribution in [0.5, 0.6) is 5.75 Å². The largest absolute Gasteiger partial charge is 0.496 e. The topological polar surface area (TPSA) is 48.9 Å². The van der Waals surface area contributed by atoms with Gasteiger partial charge in [-0.1, -0.05) is 42.5 Å². The third-order valence-electron chi connectivity index (χ3n) is 4.50. The van der Waals surface area contributed by atoms with Crippen molar-refractivity contribution in [1.82, 2.24) is 10.6 Å². The molecule has 0 aromatic heterocycles. The van der Waals surface area contributed by atoms with E-state index in [2.05, 4.69) is 64.9 Å². The summed E-state index contributed by atoms with van der Waals surface area (Å²) in [7, 11) is 1.70. The molecule has 0 atom stereocenters. The number of guanidine groups is 1. The summed E-state index contributed by atoms with van der Waals surface area (Å²) >= 11 is 0. The second-order valence-electron chi connectivity index (χ2n) is 6.41. The summed E-state index contributed by atoms with van der Waals surface area (Å²) in [5, 5.41) is 6.70. The van der Waals surface area contributed by atoms with E-state index in [9.17, 15) is 0 Å². The molecule has 0 bridgehead atoms.